The van der Waals surface area contributed by atoms with Crippen LogP contribution < -0.4 is 9.47 Å². The molecule has 2 fully saturated rings. The number of pyridine rings is 1. The van der Waals surface area contributed by atoms with Crippen LogP contribution in [0.2, 0.25) is 0 Å². The van der Waals surface area contributed by atoms with Gasteiger partial charge >= 0.3 is 0 Å². The molecule has 3 aromatic rings. The van der Waals surface area contributed by atoms with E-state index in [0.29, 0.717) is 11.8 Å². The van der Waals surface area contributed by atoms with Gasteiger partial charge in [0.1, 0.15) is 17.6 Å². The first kappa shape index (κ1) is 18.9. The van der Waals surface area contributed by atoms with Gasteiger partial charge < -0.3 is 14.4 Å². The van der Waals surface area contributed by atoms with Gasteiger partial charge in [-0.25, -0.2) is 0 Å². The van der Waals surface area contributed by atoms with E-state index in [1.165, 1.54) is 0 Å². The van der Waals surface area contributed by atoms with Crippen molar-refractivity contribution in [2.75, 3.05) is 20.2 Å². The second-order valence-electron chi connectivity index (χ2n) is 8.20. The van der Waals surface area contributed by atoms with Gasteiger partial charge in [-0.1, -0.05) is 18.2 Å². The summed E-state index contributed by atoms with van der Waals surface area (Å²) in [5, 5.41) is 1.10. The molecule has 5 rings (SSSR count). The second kappa shape index (κ2) is 7.98. The van der Waals surface area contributed by atoms with Crippen LogP contribution >= 0.6 is 0 Å². The van der Waals surface area contributed by atoms with E-state index in [1.54, 1.807) is 7.11 Å². The quantitative estimate of drug-likeness (QED) is 0.621. The topological polar surface area (TPSA) is 51.7 Å². The van der Waals surface area contributed by atoms with Crippen molar-refractivity contribution in [1.29, 1.82) is 0 Å². The van der Waals surface area contributed by atoms with Crippen molar-refractivity contribution >= 4 is 16.8 Å². The molecule has 0 radical (unpaired) electrons. The highest BCUT2D eigenvalue weighted by atomic mass is 16.5. The third-order valence-corrected chi connectivity index (χ3v) is 6.06. The number of likely N-dealkylation sites (tertiary alicyclic amines) is 1. The molecule has 2 heterocycles. The van der Waals surface area contributed by atoms with Crippen LogP contribution in [0.5, 0.6) is 11.5 Å². The maximum atomic E-state index is 12.2. The minimum absolute atomic E-state index is 0.131. The first-order valence-electron chi connectivity index (χ1n) is 10.7. The van der Waals surface area contributed by atoms with Crippen molar-refractivity contribution in [2.24, 2.45) is 5.92 Å². The van der Waals surface area contributed by atoms with Crippen LogP contribution in [0.15, 0.2) is 54.7 Å². The van der Waals surface area contributed by atoms with E-state index < -0.39 is 0 Å². The van der Waals surface area contributed by atoms with Crippen LogP contribution in [0, 0.1) is 5.92 Å². The predicted octanol–water partition coefficient (Wildman–Crippen LogP) is 4.69. The molecule has 0 bridgehead atoms. The number of aromatic nitrogens is 1. The number of rotatable bonds is 5. The lowest BCUT2D eigenvalue weighted by Gasteiger charge is -2.32. The zero-order valence-corrected chi connectivity index (χ0v) is 17.2. The third-order valence-electron chi connectivity index (χ3n) is 6.06. The number of piperidine rings is 1. The van der Waals surface area contributed by atoms with E-state index in [4.69, 9.17) is 9.47 Å². The summed E-state index contributed by atoms with van der Waals surface area (Å²) in [5.74, 6) is 2.20. The Kier molecular flexibility index (Phi) is 5.03. The number of hydrogen-bond acceptors (Lipinski definition) is 4. The SMILES string of the molecule is COc1cc(OC2CCN(C(=O)C3CC3)CC2)ccc1-c1cnc2ccccc2c1. The van der Waals surface area contributed by atoms with E-state index in [2.05, 4.69) is 17.1 Å². The highest BCUT2D eigenvalue weighted by Crippen LogP contribution is 2.35. The fourth-order valence-electron chi connectivity index (χ4n) is 4.18. The van der Waals surface area contributed by atoms with E-state index in [0.717, 1.165) is 72.3 Å². The Labute approximate surface area is 176 Å². The highest BCUT2D eigenvalue weighted by Gasteiger charge is 2.35. The molecule has 0 unspecified atom stereocenters. The van der Waals surface area contributed by atoms with Gasteiger partial charge in [0.25, 0.3) is 0 Å². The molecule has 1 saturated carbocycles. The van der Waals surface area contributed by atoms with Crippen molar-refractivity contribution in [3.8, 4) is 22.6 Å². The Morgan fingerprint density at radius 3 is 2.60 bits per heavy atom. The molecule has 30 heavy (non-hydrogen) atoms. The lowest BCUT2D eigenvalue weighted by Crippen LogP contribution is -2.42. The lowest BCUT2D eigenvalue weighted by atomic mass is 10.0. The minimum atomic E-state index is 0.131. The molecule has 0 spiro atoms. The van der Waals surface area contributed by atoms with Gasteiger partial charge in [0.15, 0.2) is 0 Å². The Balaban J connectivity index is 1.29. The first-order chi connectivity index (χ1) is 14.7. The van der Waals surface area contributed by atoms with Gasteiger partial charge in [0.05, 0.1) is 12.6 Å². The lowest BCUT2D eigenvalue weighted by molar-refractivity contribution is -0.134. The number of methoxy groups -OCH3 is 1. The van der Waals surface area contributed by atoms with Crippen LogP contribution in [0.1, 0.15) is 25.7 Å². The molecular weight excluding hydrogens is 376 g/mol. The first-order valence-corrected chi connectivity index (χ1v) is 10.7. The van der Waals surface area contributed by atoms with Crippen LogP contribution in [0.3, 0.4) is 0 Å². The number of nitrogens with zero attached hydrogens (tertiary/aromatic N) is 2. The number of para-hydroxylation sites is 1. The summed E-state index contributed by atoms with van der Waals surface area (Å²) in [5.41, 5.74) is 2.99. The zero-order chi connectivity index (χ0) is 20.5. The molecule has 5 nitrogen and oxygen atoms in total. The van der Waals surface area contributed by atoms with Gasteiger partial charge in [-0.3, -0.25) is 9.78 Å². The predicted molar refractivity (Wildman–Crippen MR) is 117 cm³/mol. The molecule has 1 aliphatic carbocycles. The summed E-state index contributed by atoms with van der Waals surface area (Å²) in [4.78, 5) is 18.8. The van der Waals surface area contributed by atoms with Crippen LogP contribution in [0.25, 0.3) is 22.0 Å². The summed E-state index contributed by atoms with van der Waals surface area (Å²) in [7, 11) is 1.68. The Hall–Kier alpha value is -3.08. The average molecular weight is 402 g/mol. The van der Waals surface area contributed by atoms with Crippen molar-refractivity contribution < 1.29 is 14.3 Å². The van der Waals surface area contributed by atoms with Crippen molar-refractivity contribution in [1.82, 2.24) is 9.88 Å². The molecule has 0 atom stereocenters. The molecule has 1 saturated heterocycles. The van der Waals surface area contributed by atoms with Crippen LogP contribution in [0.4, 0.5) is 0 Å². The van der Waals surface area contributed by atoms with Crippen LogP contribution in [-0.2, 0) is 4.79 Å². The summed E-state index contributed by atoms with van der Waals surface area (Å²) in [6.45, 7) is 1.58. The Morgan fingerprint density at radius 1 is 1.03 bits per heavy atom. The van der Waals surface area contributed by atoms with Crippen molar-refractivity contribution in [3.63, 3.8) is 0 Å². The number of fused-ring (bicyclic) bond motifs is 1. The number of ether oxygens (including phenoxy) is 2. The standard InChI is InChI=1S/C25H26N2O3/c1-29-24-15-21(30-20-10-12-27(13-11-20)25(28)17-6-7-17)8-9-22(24)19-14-18-4-2-3-5-23(18)26-16-19/h2-5,8-9,14-17,20H,6-7,10-13H2,1H3. The Morgan fingerprint density at radius 2 is 1.83 bits per heavy atom. The molecule has 154 valence electrons. The van der Waals surface area contributed by atoms with Crippen molar-refractivity contribution in [2.45, 2.75) is 31.8 Å². The highest BCUT2D eigenvalue weighted by molar-refractivity contribution is 5.85. The number of carbonyl (C=O) groups excluding carboxylic acids is 1. The maximum Gasteiger partial charge on any atom is 0.225 e. The maximum absolute atomic E-state index is 12.2. The number of amides is 1. The molecule has 1 amide bonds. The Bertz CT molecular complexity index is 1070. The van der Waals surface area contributed by atoms with Gasteiger partial charge in [-0.05, 0) is 37.1 Å². The smallest absolute Gasteiger partial charge is 0.225 e. The zero-order valence-electron chi connectivity index (χ0n) is 17.2. The van der Waals surface area contributed by atoms with Crippen LogP contribution in [-0.4, -0.2) is 42.1 Å². The molecule has 1 aliphatic heterocycles. The van der Waals surface area contributed by atoms with E-state index >= 15 is 0 Å². The monoisotopic (exact) mass is 402 g/mol. The summed E-state index contributed by atoms with van der Waals surface area (Å²) in [6, 6.07) is 16.2. The van der Waals surface area contributed by atoms with E-state index in [1.807, 2.05) is 47.5 Å². The second-order valence-corrected chi connectivity index (χ2v) is 8.20. The average Bonchev–Trinajstić information content (AvgIpc) is 3.64. The number of hydrogen-bond donors (Lipinski definition) is 0. The molecule has 2 aliphatic rings. The summed E-state index contributed by atoms with van der Waals surface area (Å²) in [6.07, 6.45) is 5.88. The number of benzene rings is 2. The largest absolute Gasteiger partial charge is 0.496 e. The van der Waals surface area contributed by atoms with Gasteiger partial charge in [-0.2, -0.15) is 0 Å². The fourth-order valence-corrected chi connectivity index (χ4v) is 4.18. The summed E-state index contributed by atoms with van der Waals surface area (Å²) >= 11 is 0. The summed E-state index contributed by atoms with van der Waals surface area (Å²) < 4.78 is 11.9. The van der Waals surface area contributed by atoms with Gasteiger partial charge in [0.2, 0.25) is 5.91 Å². The molecule has 1 aromatic heterocycles. The molecular formula is C25H26N2O3. The normalized spacial score (nSPS) is 17.2. The minimum Gasteiger partial charge on any atom is -0.496 e. The molecule has 0 N–H and O–H groups in total. The van der Waals surface area contributed by atoms with E-state index in [9.17, 15) is 4.79 Å². The fraction of sp³-hybridized carbons (Fsp3) is 0.360. The third kappa shape index (κ3) is 3.84. The van der Waals surface area contributed by atoms with Gasteiger partial charge in [-0.15, -0.1) is 0 Å². The molecule has 2 aromatic carbocycles. The van der Waals surface area contributed by atoms with E-state index in [-0.39, 0.29) is 6.10 Å². The van der Waals surface area contributed by atoms with Gasteiger partial charge in [0, 0.05) is 60.6 Å². The molecule has 5 heteroatoms. The number of carbonyl (C=O) groups is 1. The van der Waals surface area contributed by atoms with Crippen molar-refractivity contribution in [3.05, 3.63) is 54.7 Å².